The second kappa shape index (κ2) is 2.87. The number of rotatable bonds is 0. The minimum absolute atomic E-state index is 0.712. The fraction of sp³-hybridized carbons (Fsp3) is 0.889. The predicted octanol–water partition coefficient (Wildman–Crippen LogP) is -0.761. The van der Waals surface area contributed by atoms with Crippen LogP contribution in [0.3, 0.4) is 0 Å². The topological polar surface area (TPSA) is 39.7 Å². The highest BCUT2D eigenvalue weighted by atomic mass is 15.4. The van der Waals surface area contributed by atoms with E-state index in [1.165, 1.54) is 19.5 Å². The number of guanidine groups is 1. The van der Waals surface area contributed by atoms with Gasteiger partial charge < -0.3 is 15.5 Å². The van der Waals surface area contributed by atoms with Crippen molar-refractivity contribution in [2.24, 2.45) is 10.9 Å². The second-order valence-corrected chi connectivity index (χ2v) is 4.10. The van der Waals surface area contributed by atoms with E-state index in [0.717, 1.165) is 31.5 Å². The third-order valence-electron chi connectivity index (χ3n) is 3.37. The number of hydrogen-bond donors (Lipinski definition) is 2. The maximum atomic E-state index is 4.48. The monoisotopic (exact) mass is 180 g/mol. The van der Waals surface area contributed by atoms with E-state index in [-0.39, 0.29) is 0 Å². The number of aliphatic imine (C=N–C) groups is 1. The summed E-state index contributed by atoms with van der Waals surface area (Å²) >= 11 is 0. The standard InChI is InChI=1S/C9H16N4/c1-4-13(9-11-2-3-12-9)8-6-10-5-7(1)8/h7-8,10H,1-6H2,(H,11,12)/t7-,8+/m1/s1. The van der Waals surface area contributed by atoms with E-state index in [2.05, 4.69) is 20.5 Å². The predicted molar refractivity (Wildman–Crippen MR) is 51.8 cm³/mol. The number of nitrogens with one attached hydrogen (secondary N) is 2. The van der Waals surface area contributed by atoms with Gasteiger partial charge in [-0.3, -0.25) is 4.99 Å². The fourth-order valence-electron chi connectivity index (χ4n) is 2.69. The average molecular weight is 180 g/mol. The van der Waals surface area contributed by atoms with Crippen LogP contribution in [0.25, 0.3) is 0 Å². The molecule has 0 aromatic carbocycles. The number of likely N-dealkylation sites (tertiary alicyclic amines) is 1. The van der Waals surface area contributed by atoms with Crippen molar-refractivity contribution in [2.45, 2.75) is 12.5 Å². The molecule has 4 heteroatoms. The molecule has 0 amide bonds. The molecule has 2 fully saturated rings. The first-order chi connectivity index (χ1) is 6.45. The third kappa shape index (κ3) is 1.12. The first kappa shape index (κ1) is 7.62. The molecule has 2 saturated heterocycles. The van der Waals surface area contributed by atoms with Crippen LogP contribution in [0.15, 0.2) is 4.99 Å². The maximum absolute atomic E-state index is 4.48. The van der Waals surface area contributed by atoms with E-state index < -0.39 is 0 Å². The highest BCUT2D eigenvalue weighted by Crippen LogP contribution is 2.27. The van der Waals surface area contributed by atoms with E-state index in [1.807, 2.05) is 0 Å². The Morgan fingerprint density at radius 2 is 2.38 bits per heavy atom. The summed E-state index contributed by atoms with van der Waals surface area (Å²) in [5, 5.41) is 6.81. The molecule has 13 heavy (non-hydrogen) atoms. The Labute approximate surface area is 78.4 Å². The smallest absolute Gasteiger partial charge is 0.194 e. The molecule has 0 unspecified atom stereocenters. The van der Waals surface area contributed by atoms with Gasteiger partial charge >= 0.3 is 0 Å². The average Bonchev–Trinajstić information content (AvgIpc) is 2.79. The molecule has 3 aliphatic rings. The van der Waals surface area contributed by atoms with Gasteiger partial charge in [0.25, 0.3) is 0 Å². The molecule has 0 aliphatic carbocycles. The van der Waals surface area contributed by atoms with Crippen LogP contribution in [0.1, 0.15) is 6.42 Å². The summed E-state index contributed by atoms with van der Waals surface area (Å²) in [5.74, 6) is 2.02. The lowest BCUT2D eigenvalue weighted by molar-refractivity contribution is 0.375. The first-order valence-corrected chi connectivity index (χ1v) is 5.21. The highest BCUT2D eigenvalue weighted by molar-refractivity contribution is 5.82. The Balaban J connectivity index is 1.77. The van der Waals surface area contributed by atoms with Crippen molar-refractivity contribution in [3.05, 3.63) is 0 Å². The highest BCUT2D eigenvalue weighted by Gasteiger charge is 2.39. The van der Waals surface area contributed by atoms with Crippen molar-refractivity contribution in [3.8, 4) is 0 Å². The lowest BCUT2D eigenvalue weighted by atomic mass is 10.1. The van der Waals surface area contributed by atoms with Crippen LogP contribution in [0.5, 0.6) is 0 Å². The van der Waals surface area contributed by atoms with Gasteiger partial charge in [0.05, 0.1) is 6.54 Å². The Hall–Kier alpha value is -0.770. The molecule has 0 bridgehead atoms. The molecule has 2 atom stereocenters. The van der Waals surface area contributed by atoms with Gasteiger partial charge in [0, 0.05) is 32.2 Å². The number of fused-ring (bicyclic) bond motifs is 1. The summed E-state index contributed by atoms with van der Waals surface area (Å²) in [7, 11) is 0. The zero-order valence-corrected chi connectivity index (χ0v) is 7.79. The lowest BCUT2D eigenvalue weighted by Crippen LogP contribution is -2.44. The van der Waals surface area contributed by atoms with Gasteiger partial charge in [-0.2, -0.15) is 0 Å². The quantitative estimate of drug-likeness (QED) is 0.515. The van der Waals surface area contributed by atoms with Crippen molar-refractivity contribution in [1.29, 1.82) is 0 Å². The summed E-state index contributed by atoms with van der Waals surface area (Å²) < 4.78 is 0. The molecular formula is C9H16N4. The molecule has 0 spiro atoms. The molecule has 3 rings (SSSR count). The van der Waals surface area contributed by atoms with Gasteiger partial charge in [0.2, 0.25) is 0 Å². The van der Waals surface area contributed by atoms with Crippen LogP contribution >= 0.6 is 0 Å². The Morgan fingerprint density at radius 1 is 1.38 bits per heavy atom. The fourth-order valence-corrected chi connectivity index (χ4v) is 2.69. The van der Waals surface area contributed by atoms with Crippen molar-refractivity contribution in [2.75, 3.05) is 32.7 Å². The van der Waals surface area contributed by atoms with Crippen molar-refractivity contribution >= 4 is 5.96 Å². The largest absolute Gasteiger partial charge is 0.354 e. The summed E-state index contributed by atoms with van der Waals surface area (Å²) in [5.41, 5.74) is 0. The number of hydrogen-bond acceptors (Lipinski definition) is 4. The summed E-state index contributed by atoms with van der Waals surface area (Å²) in [6, 6.07) is 0.712. The molecule has 3 heterocycles. The zero-order valence-electron chi connectivity index (χ0n) is 7.79. The molecule has 2 N–H and O–H groups in total. The van der Waals surface area contributed by atoms with E-state index in [0.29, 0.717) is 6.04 Å². The first-order valence-electron chi connectivity index (χ1n) is 5.21. The van der Waals surface area contributed by atoms with Gasteiger partial charge in [-0.1, -0.05) is 0 Å². The van der Waals surface area contributed by atoms with Gasteiger partial charge in [-0.25, -0.2) is 0 Å². The Morgan fingerprint density at radius 3 is 3.23 bits per heavy atom. The van der Waals surface area contributed by atoms with Crippen LogP contribution in [-0.2, 0) is 0 Å². The van der Waals surface area contributed by atoms with Crippen molar-refractivity contribution in [1.82, 2.24) is 15.5 Å². The minimum Gasteiger partial charge on any atom is -0.354 e. The van der Waals surface area contributed by atoms with Crippen molar-refractivity contribution in [3.63, 3.8) is 0 Å². The van der Waals surface area contributed by atoms with E-state index in [4.69, 9.17) is 0 Å². The third-order valence-corrected chi connectivity index (χ3v) is 3.37. The maximum Gasteiger partial charge on any atom is 0.194 e. The van der Waals surface area contributed by atoms with E-state index in [9.17, 15) is 0 Å². The normalized spacial score (nSPS) is 37.5. The Kier molecular flexibility index (Phi) is 1.68. The molecule has 3 aliphatic heterocycles. The molecule has 72 valence electrons. The van der Waals surface area contributed by atoms with Crippen molar-refractivity contribution < 1.29 is 0 Å². The molecule has 0 aromatic rings. The van der Waals surface area contributed by atoms with Gasteiger partial charge in [0.1, 0.15) is 0 Å². The molecule has 0 saturated carbocycles. The zero-order chi connectivity index (χ0) is 8.67. The van der Waals surface area contributed by atoms with Crippen LogP contribution in [0.4, 0.5) is 0 Å². The van der Waals surface area contributed by atoms with Gasteiger partial charge in [-0.05, 0) is 12.3 Å². The summed E-state index contributed by atoms with van der Waals surface area (Å²) in [4.78, 5) is 6.94. The molecule has 0 radical (unpaired) electrons. The summed E-state index contributed by atoms with van der Waals surface area (Å²) in [6.07, 6.45) is 1.33. The lowest BCUT2D eigenvalue weighted by Gasteiger charge is -2.24. The number of nitrogens with zero attached hydrogens (tertiary/aromatic N) is 2. The molecule has 0 aromatic heterocycles. The van der Waals surface area contributed by atoms with Crippen LogP contribution in [0.2, 0.25) is 0 Å². The van der Waals surface area contributed by atoms with Gasteiger partial charge in [-0.15, -0.1) is 0 Å². The Bertz CT molecular complexity index is 238. The van der Waals surface area contributed by atoms with E-state index in [1.54, 1.807) is 0 Å². The van der Waals surface area contributed by atoms with Crippen LogP contribution in [-0.4, -0.2) is 49.6 Å². The minimum atomic E-state index is 0.712. The van der Waals surface area contributed by atoms with Crippen LogP contribution in [0, 0.1) is 5.92 Å². The van der Waals surface area contributed by atoms with Gasteiger partial charge in [0.15, 0.2) is 5.96 Å². The molecule has 4 nitrogen and oxygen atoms in total. The SMILES string of the molecule is C1CNC(N2CC[C@@H]3CNC[C@@H]32)=N1. The molecular weight excluding hydrogens is 164 g/mol. The summed E-state index contributed by atoms with van der Waals surface area (Å²) in [6.45, 7) is 5.52. The van der Waals surface area contributed by atoms with E-state index >= 15 is 0 Å². The van der Waals surface area contributed by atoms with Crippen LogP contribution < -0.4 is 10.6 Å². The second-order valence-electron chi connectivity index (χ2n) is 4.10.